The van der Waals surface area contributed by atoms with Crippen LogP contribution in [0.5, 0.6) is 0 Å². The standard InChI is InChI=1S/C13H14BrNO3/c14-11-5-3-10(18-11)4-6-12(16)15-7-13(17,8-15)9-1-2-9/h3-6,9,17H,1-2,7-8H2. The first-order chi connectivity index (χ1) is 8.57. The van der Waals surface area contributed by atoms with Crippen LogP contribution in [0.4, 0.5) is 0 Å². The van der Waals surface area contributed by atoms with Gasteiger partial charge in [0.25, 0.3) is 0 Å². The molecule has 1 aromatic rings. The van der Waals surface area contributed by atoms with Crippen molar-refractivity contribution in [3.05, 3.63) is 28.6 Å². The van der Waals surface area contributed by atoms with Crippen molar-refractivity contribution in [1.82, 2.24) is 4.90 Å². The number of halogens is 1. The Bertz CT molecular complexity index is 498. The van der Waals surface area contributed by atoms with Crippen molar-refractivity contribution in [3.8, 4) is 0 Å². The first kappa shape index (κ1) is 12.0. The number of nitrogens with zero attached hydrogens (tertiary/aromatic N) is 1. The smallest absolute Gasteiger partial charge is 0.246 e. The molecule has 0 atom stereocenters. The van der Waals surface area contributed by atoms with Crippen LogP contribution in [0.15, 0.2) is 27.3 Å². The van der Waals surface area contributed by atoms with Crippen LogP contribution in [0.3, 0.4) is 0 Å². The van der Waals surface area contributed by atoms with Crippen molar-refractivity contribution in [2.24, 2.45) is 5.92 Å². The molecule has 1 saturated heterocycles. The van der Waals surface area contributed by atoms with Gasteiger partial charge in [-0.1, -0.05) is 0 Å². The first-order valence-electron chi connectivity index (χ1n) is 6.01. The van der Waals surface area contributed by atoms with Crippen LogP contribution < -0.4 is 0 Å². The lowest BCUT2D eigenvalue weighted by Crippen LogP contribution is -2.64. The summed E-state index contributed by atoms with van der Waals surface area (Å²) < 4.78 is 5.90. The van der Waals surface area contributed by atoms with E-state index in [4.69, 9.17) is 4.42 Å². The zero-order valence-electron chi connectivity index (χ0n) is 9.80. The average Bonchev–Trinajstić information content (AvgIpc) is 3.06. The lowest BCUT2D eigenvalue weighted by atomic mass is 9.88. The van der Waals surface area contributed by atoms with Gasteiger partial charge < -0.3 is 14.4 Å². The number of carbonyl (C=O) groups is 1. The van der Waals surface area contributed by atoms with E-state index in [1.807, 2.05) is 0 Å². The average molecular weight is 312 g/mol. The highest BCUT2D eigenvalue weighted by Crippen LogP contribution is 2.44. The minimum Gasteiger partial charge on any atom is -0.450 e. The van der Waals surface area contributed by atoms with Crippen molar-refractivity contribution in [1.29, 1.82) is 0 Å². The van der Waals surface area contributed by atoms with Gasteiger partial charge in [0, 0.05) is 6.08 Å². The predicted molar refractivity (Wildman–Crippen MR) is 69.7 cm³/mol. The van der Waals surface area contributed by atoms with E-state index in [1.165, 1.54) is 6.08 Å². The molecule has 18 heavy (non-hydrogen) atoms. The maximum atomic E-state index is 11.8. The van der Waals surface area contributed by atoms with Crippen LogP contribution >= 0.6 is 15.9 Å². The fourth-order valence-electron chi connectivity index (χ4n) is 2.33. The minimum absolute atomic E-state index is 0.0761. The number of hydrogen-bond donors (Lipinski definition) is 1. The van der Waals surface area contributed by atoms with E-state index in [2.05, 4.69) is 15.9 Å². The normalized spacial score (nSPS) is 22.2. The summed E-state index contributed by atoms with van der Waals surface area (Å²) in [5, 5.41) is 10.1. The number of rotatable bonds is 3. The number of amides is 1. The lowest BCUT2D eigenvalue weighted by molar-refractivity contribution is -0.154. The van der Waals surface area contributed by atoms with Crippen molar-refractivity contribution in [2.75, 3.05) is 13.1 Å². The second-order valence-electron chi connectivity index (χ2n) is 5.05. The minimum atomic E-state index is -0.614. The molecule has 0 unspecified atom stereocenters. The highest BCUT2D eigenvalue weighted by molar-refractivity contribution is 9.10. The first-order valence-corrected chi connectivity index (χ1v) is 6.81. The molecule has 5 heteroatoms. The Morgan fingerprint density at radius 1 is 1.50 bits per heavy atom. The molecule has 0 radical (unpaired) electrons. The molecule has 1 amide bonds. The molecule has 2 heterocycles. The summed E-state index contributed by atoms with van der Waals surface area (Å²) in [5.41, 5.74) is -0.614. The van der Waals surface area contributed by atoms with Gasteiger partial charge in [0.2, 0.25) is 5.91 Å². The molecule has 1 aliphatic carbocycles. The van der Waals surface area contributed by atoms with E-state index in [0.717, 1.165) is 12.8 Å². The topological polar surface area (TPSA) is 53.7 Å². The van der Waals surface area contributed by atoms with Gasteiger partial charge in [0.05, 0.1) is 13.1 Å². The molecule has 1 aliphatic heterocycles. The molecule has 1 N–H and O–H groups in total. The summed E-state index contributed by atoms with van der Waals surface area (Å²) in [4.78, 5) is 13.5. The molecule has 1 saturated carbocycles. The Kier molecular flexibility index (Phi) is 2.83. The van der Waals surface area contributed by atoms with E-state index in [-0.39, 0.29) is 5.91 Å². The summed E-state index contributed by atoms with van der Waals surface area (Å²) in [7, 11) is 0. The van der Waals surface area contributed by atoms with Crippen LogP contribution in [0.25, 0.3) is 6.08 Å². The van der Waals surface area contributed by atoms with Gasteiger partial charge in [0.15, 0.2) is 4.67 Å². The summed E-state index contributed by atoms with van der Waals surface area (Å²) >= 11 is 3.20. The zero-order chi connectivity index (χ0) is 12.8. The summed E-state index contributed by atoms with van der Waals surface area (Å²) in [6.07, 6.45) is 5.31. The Morgan fingerprint density at radius 3 is 2.78 bits per heavy atom. The number of carbonyl (C=O) groups excluding carboxylic acids is 1. The monoisotopic (exact) mass is 311 g/mol. The number of aliphatic hydroxyl groups is 1. The quantitative estimate of drug-likeness (QED) is 0.869. The van der Waals surface area contributed by atoms with Gasteiger partial charge in [0.1, 0.15) is 11.4 Å². The van der Waals surface area contributed by atoms with Crippen LogP contribution in [0.2, 0.25) is 0 Å². The number of likely N-dealkylation sites (tertiary alicyclic amines) is 1. The largest absolute Gasteiger partial charge is 0.450 e. The fraction of sp³-hybridized carbons (Fsp3) is 0.462. The van der Waals surface area contributed by atoms with Gasteiger partial charge in [-0.05, 0) is 52.9 Å². The van der Waals surface area contributed by atoms with Crippen LogP contribution in [-0.4, -0.2) is 34.6 Å². The Labute approximate surface area is 113 Å². The van der Waals surface area contributed by atoms with Gasteiger partial charge in [-0.2, -0.15) is 0 Å². The Balaban J connectivity index is 1.55. The Hall–Kier alpha value is -1.07. The van der Waals surface area contributed by atoms with Crippen molar-refractivity contribution >= 4 is 27.9 Å². The molecular weight excluding hydrogens is 298 g/mol. The van der Waals surface area contributed by atoms with E-state index in [1.54, 1.807) is 23.1 Å². The summed E-state index contributed by atoms with van der Waals surface area (Å²) in [5.74, 6) is 0.965. The molecule has 2 aliphatic rings. The van der Waals surface area contributed by atoms with Crippen molar-refractivity contribution in [2.45, 2.75) is 18.4 Å². The maximum Gasteiger partial charge on any atom is 0.246 e. The molecular formula is C13H14BrNO3. The van der Waals surface area contributed by atoms with Gasteiger partial charge >= 0.3 is 0 Å². The van der Waals surface area contributed by atoms with Crippen molar-refractivity contribution in [3.63, 3.8) is 0 Å². The van der Waals surface area contributed by atoms with E-state index in [9.17, 15) is 9.90 Å². The highest BCUT2D eigenvalue weighted by Gasteiger charge is 2.52. The van der Waals surface area contributed by atoms with Crippen LogP contribution in [-0.2, 0) is 4.79 Å². The summed E-state index contributed by atoms with van der Waals surface area (Å²) in [6.45, 7) is 0.922. The fourth-order valence-corrected chi connectivity index (χ4v) is 2.65. The number of hydrogen-bond acceptors (Lipinski definition) is 3. The molecule has 3 rings (SSSR count). The molecule has 4 nitrogen and oxygen atoms in total. The SMILES string of the molecule is O=C(C=Cc1ccc(Br)o1)N1CC(O)(C2CC2)C1. The molecule has 96 valence electrons. The van der Waals surface area contributed by atoms with Gasteiger partial charge in [-0.25, -0.2) is 0 Å². The van der Waals surface area contributed by atoms with Gasteiger partial charge in [-0.3, -0.25) is 4.79 Å². The second kappa shape index (κ2) is 4.24. The molecule has 0 bridgehead atoms. The number of β-amino-alcohol motifs (C(OH)–C–C–N with tert-alkyl or cyclic N) is 1. The summed E-state index contributed by atoms with van der Waals surface area (Å²) in [6, 6.07) is 3.56. The zero-order valence-corrected chi connectivity index (χ0v) is 11.4. The third-order valence-corrected chi connectivity index (χ3v) is 3.99. The van der Waals surface area contributed by atoms with Crippen molar-refractivity contribution < 1.29 is 14.3 Å². The third-order valence-electron chi connectivity index (χ3n) is 3.56. The third kappa shape index (κ3) is 2.24. The molecule has 1 aromatic heterocycles. The van der Waals surface area contributed by atoms with E-state index in [0.29, 0.717) is 29.4 Å². The molecule has 0 aromatic carbocycles. The Morgan fingerprint density at radius 2 is 2.22 bits per heavy atom. The van der Waals surface area contributed by atoms with E-state index >= 15 is 0 Å². The van der Waals surface area contributed by atoms with Crippen LogP contribution in [0.1, 0.15) is 18.6 Å². The highest BCUT2D eigenvalue weighted by atomic mass is 79.9. The predicted octanol–water partition coefficient (Wildman–Crippen LogP) is 2.04. The molecule has 0 spiro atoms. The second-order valence-corrected chi connectivity index (χ2v) is 5.83. The van der Waals surface area contributed by atoms with Gasteiger partial charge in [-0.15, -0.1) is 0 Å². The lowest BCUT2D eigenvalue weighted by Gasteiger charge is -2.46. The van der Waals surface area contributed by atoms with Crippen LogP contribution in [0, 0.1) is 5.92 Å². The number of furan rings is 1. The van der Waals surface area contributed by atoms with E-state index < -0.39 is 5.60 Å². The maximum absolute atomic E-state index is 11.8. The molecule has 2 fully saturated rings.